The standard InChI is InChI=1S/C3H8S.C3H8/c1-3-4-2;1-3-2/h3H2,1-2H3;3H2,1-2H3. The summed E-state index contributed by atoms with van der Waals surface area (Å²) in [6, 6.07) is 0. The summed E-state index contributed by atoms with van der Waals surface area (Å²) in [4.78, 5) is 0. The van der Waals surface area contributed by atoms with E-state index >= 15 is 0 Å². The molecule has 0 aromatic carbocycles. The van der Waals surface area contributed by atoms with Gasteiger partial charge in [-0.15, -0.1) is 0 Å². The summed E-state index contributed by atoms with van der Waals surface area (Å²) in [5.74, 6) is 1.24. The van der Waals surface area contributed by atoms with Gasteiger partial charge in [-0.2, -0.15) is 11.8 Å². The first-order valence-corrected chi connectivity index (χ1v) is 4.21. The highest BCUT2D eigenvalue weighted by molar-refractivity contribution is 7.98. The van der Waals surface area contributed by atoms with Gasteiger partial charge in [0.05, 0.1) is 0 Å². The third-order valence-corrected chi connectivity index (χ3v) is 0.866. The van der Waals surface area contributed by atoms with Crippen LogP contribution in [0.2, 0.25) is 0 Å². The van der Waals surface area contributed by atoms with E-state index < -0.39 is 0 Å². The molecule has 0 N–H and O–H groups in total. The lowest BCUT2D eigenvalue weighted by Crippen LogP contribution is -1.52. The van der Waals surface area contributed by atoms with E-state index in [-0.39, 0.29) is 0 Å². The van der Waals surface area contributed by atoms with Gasteiger partial charge in [0.2, 0.25) is 0 Å². The van der Waals surface area contributed by atoms with Gasteiger partial charge in [-0.05, 0) is 12.0 Å². The smallest absolute Gasteiger partial charge is 0.00988 e. The molecule has 0 saturated heterocycles. The van der Waals surface area contributed by atoms with Crippen molar-refractivity contribution in [2.75, 3.05) is 12.0 Å². The first-order valence-electron chi connectivity index (χ1n) is 2.82. The van der Waals surface area contributed by atoms with Crippen molar-refractivity contribution < 1.29 is 0 Å². The Bertz CT molecular complexity index is 11.7. The van der Waals surface area contributed by atoms with Gasteiger partial charge in [0, 0.05) is 0 Å². The fourth-order valence-electron chi connectivity index (χ4n) is 0. The molecular weight excluding hydrogens is 104 g/mol. The lowest BCUT2D eigenvalue weighted by molar-refractivity contribution is 1.09. The van der Waals surface area contributed by atoms with E-state index in [1.54, 1.807) is 0 Å². The third-order valence-electron chi connectivity index (χ3n) is 0.289. The van der Waals surface area contributed by atoms with Crippen LogP contribution < -0.4 is 0 Å². The van der Waals surface area contributed by atoms with Crippen LogP contribution in [0.1, 0.15) is 27.2 Å². The van der Waals surface area contributed by atoms with Crippen LogP contribution >= 0.6 is 11.8 Å². The van der Waals surface area contributed by atoms with Crippen molar-refractivity contribution in [3.63, 3.8) is 0 Å². The van der Waals surface area contributed by atoms with E-state index in [4.69, 9.17) is 0 Å². The molecule has 0 aromatic heterocycles. The predicted molar refractivity (Wildman–Crippen MR) is 40.0 cm³/mol. The maximum absolute atomic E-state index is 2.14. The first kappa shape index (κ1) is 10.4. The van der Waals surface area contributed by atoms with Crippen LogP contribution in [-0.4, -0.2) is 12.0 Å². The van der Waals surface area contributed by atoms with Crippen molar-refractivity contribution in [1.29, 1.82) is 0 Å². The summed E-state index contributed by atoms with van der Waals surface area (Å²) in [6.07, 6.45) is 3.35. The monoisotopic (exact) mass is 120 g/mol. The minimum Gasteiger partial charge on any atom is -0.166 e. The zero-order chi connectivity index (χ0) is 6.12. The summed E-state index contributed by atoms with van der Waals surface area (Å²) in [5.41, 5.74) is 0. The van der Waals surface area contributed by atoms with Crippen molar-refractivity contribution in [3.05, 3.63) is 0 Å². The molecule has 0 amide bonds. The molecule has 0 aliphatic rings. The first-order chi connectivity index (χ1) is 3.33. The second-order valence-corrected chi connectivity index (χ2v) is 2.44. The van der Waals surface area contributed by atoms with Crippen molar-refractivity contribution in [2.24, 2.45) is 0 Å². The molecule has 0 saturated carbocycles. The Kier molecular flexibility index (Phi) is 24.0. The molecule has 0 aliphatic carbocycles. The molecule has 0 fully saturated rings. The fourth-order valence-corrected chi connectivity index (χ4v) is 0. The van der Waals surface area contributed by atoms with E-state index in [2.05, 4.69) is 27.0 Å². The number of rotatable bonds is 1. The van der Waals surface area contributed by atoms with Gasteiger partial charge in [-0.25, -0.2) is 0 Å². The van der Waals surface area contributed by atoms with Crippen molar-refractivity contribution >= 4 is 11.8 Å². The van der Waals surface area contributed by atoms with E-state index in [0.717, 1.165) is 0 Å². The minimum absolute atomic E-state index is 1.24. The van der Waals surface area contributed by atoms with Gasteiger partial charge in [0.1, 0.15) is 0 Å². The minimum atomic E-state index is 1.24. The van der Waals surface area contributed by atoms with Crippen LogP contribution in [0.5, 0.6) is 0 Å². The van der Waals surface area contributed by atoms with Gasteiger partial charge in [-0.1, -0.05) is 27.2 Å². The lowest BCUT2D eigenvalue weighted by atomic mass is 10.6. The van der Waals surface area contributed by atoms with E-state index in [0.29, 0.717) is 0 Å². The van der Waals surface area contributed by atoms with Crippen LogP contribution in [0.3, 0.4) is 0 Å². The summed E-state index contributed by atoms with van der Waals surface area (Å²) in [5, 5.41) is 0. The summed E-state index contributed by atoms with van der Waals surface area (Å²) < 4.78 is 0. The highest BCUT2D eigenvalue weighted by Crippen LogP contribution is 1.83. The van der Waals surface area contributed by atoms with E-state index in [9.17, 15) is 0 Å². The highest BCUT2D eigenvalue weighted by atomic mass is 32.2. The van der Waals surface area contributed by atoms with Gasteiger partial charge >= 0.3 is 0 Å². The molecule has 0 aliphatic heterocycles. The molecule has 0 bridgehead atoms. The Morgan fingerprint density at radius 1 is 1.14 bits per heavy atom. The van der Waals surface area contributed by atoms with Crippen LogP contribution in [0.4, 0.5) is 0 Å². The zero-order valence-electron chi connectivity index (χ0n) is 5.82. The zero-order valence-corrected chi connectivity index (χ0v) is 6.64. The van der Waals surface area contributed by atoms with Gasteiger partial charge in [-0.3, -0.25) is 0 Å². The number of hydrogen-bond donors (Lipinski definition) is 0. The molecule has 46 valence electrons. The Labute approximate surface area is 51.7 Å². The summed E-state index contributed by atoms with van der Waals surface area (Å²) >= 11 is 1.86. The molecule has 0 unspecified atom stereocenters. The van der Waals surface area contributed by atoms with Crippen LogP contribution in [-0.2, 0) is 0 Å². The molecule has 1 heteroatoms. The Morgan fingerprint density at radius 3 is 1.29 bits per heavy atom. The second-order valence-electron chi connectivity index (χ2n) is 1.28. The normalized spacial score (nSPS) is 6.86. The van der Waals surface area contributed by atoms with Crippen LogP contribution in [0.15, 0.2) is 0 Å². The average Bonchev–Trinajstić information content (AvgIpc) is 1.69. The maximum Gasteiger partial charge on any atom is -0.00988 e. The molecule has 0 nitrogen and oxygen atoms in total. The van der Waals surface area contributed by atoms with E-state index in [1.165, 1.54) is 12.2 Å². The average molecular weight is 120 g/mol. The Balaban J connectivity index is 0. The number of thioether (sulfide) groups is 1. The van der Waals surface area contributed by atoms with Crippen LogP contribution in [0, 0.1) is 0 Å². The molecule has 0 rings (SSSR count). The second kappa shape index (κ2) is 16.2. The molecule has 0 atom stereocenters. The SMILES string of the molecule is CCC.CCSC. The highest BCUT2D eigenvalue weighted by Gasteiger charge is 1.55. The maximum atomic E-state index is 2.14. The van der Waals surface area contributed by atoms with Gasteiger partial charge in [0.25, 0.3) is 0 Å². The molecule has 7 heavy (non-hydrogen) atoms. The predicted octanol–water partition coefficient (Wildman–Crippen LogP) is 2.79. The molecule has 0 radical (unpaired) electrons. The van der Waals surface area contributed by atoms with Crippen molar-refractivity contribution in [2.45, 2.75) is 27.2 Å². The van der Waals surface area contributed by atoms with Crippen molar-refractivity contribution in [3.8, 4) is 0 Å². The van der Waals surface area contributed by atoms with Crippen molar-refractivity contribution in [1.82, 2.24) is 0 Å². The van der Waals surface area contributed by atoms with Gasteiger partial charge < -0.3 is 0 Å². The molecule has 0 heterocycles. The fraction of sp³-hybridized carbons (Fsp3) is 1.00. The molecular formula is C6H16S. The number of hydrogen-bond acceptors (Lipinski definition) is 1. The summed E-state index contributed by atoms with van der Waals surface area (Å²) in [6.45, 7) is 6.39. The Hall–Kier alpha value is 0.350. The topological polar surface area (TPSA) is 0 Å². The lowest BCUT2D eigenvalue weighted by Gasteiger charge is -1.69. The summed E-state index contributed by atoms with van der Waals surface area (Å²) in [7, 11) is 0. The van der Waals surface area contributed by atoms with E-state index in [1.807, 2.05) is 11.8 Å². The quantitative estimate of drug-likeness (QED) is 0.513. The molecule has 0 spiro atoms. The third kappa shape index (κ3) is 65.9. The molecule has 0 aromatic rings. The largest absolute Gasteiger partial charge is 0.166 e. The Morgan fingerprint density at radius 2 is 1.29 bits per heavy atom. The van der Waals surface area contributed by atoms with Gasteiger partial charge in [0.15, 0.2) is 0 Å². The van der Waals surface area contributed by atoms with Crippen LogP contribution in [0.25, 0.3) is 0 Å².